The summed E-state index contributed by atoms with van der Waals surface area (Å²) in [6, 6.07) is 74.7. The number of hydrogen-bond acceptors (Lipinski definition) is 1. The Kier molecular flexibility index (Phi) is 7.18. The van der Waals surface area contributed by atoms with Crippen LogP contribution >= 0.6 is 0 Å². The van der Waals surface area contributed by atoms with Crippen LogP contribution in [0.25, 0.3) is 71.3 Å². The minimum absolute atomic E-state index is 1.10. The number of hydrogen-bond donors (Lipinski definition) is 0. The predicted octanol–water partition coefficient (Wildman–Crippen LogP) is 13.9. The van der Waals surface area contributed by atoms with Gasteiger partial charge in [0.15, 0.2) is 0 Å². The molecule has 0 aliphatic rings. The number of para-hydroxylation sites is 2. The molecule has 0 N–H and O–H groups in total. The molecule has 1 heterocycles. The van der Waals surface area contributed by atoms with Gasteiger partial charge in [0.1, 0.15) is 0 Å². The van der Waals surface area contributed by atoms with E-state index in [-0.39, 0.29) is 0 Å². The van der Waals surface area contributed by atoms with Crippen LogP contribution < -0.4 is 4.90 Å². The molecule has 0 saturated carbocycles. The van der Waals surface area contributed by atoms with Crippen LogP contribution in [0.5, 0.6) is 0 Å². The lowest BCUT2D eigenvalue weighted by atomic mass is 10.00. The molecule has 0 aliphatic carbocycles. The highest BCUT2D eigenvalue weighted by molar-refractivity contribution is 6.21. The van der Waals surface area contributed by atoms with Crippen LogP contribution in [0.1, 0.15) is 0 Å². The molecule has 1 aromatic heterocycles. The molecule has 0 radical (unpaired) electrons. The van der Waals surface area contributed by atoms with Crippen molar-refractivity contribution in [2.75, 3.05) is 4.90 Å². The second-order valence-corrected chi connectivity index (χ2v) is 13.4. The van der Waals surface area contributed by atoms with Gasteiger partial charge in [-0.05, 0) is 98.9 Å². The van der Waals surface area contributed by atoms with E-state index in [1.165, 1.54) is 65.6 Å². The highest BCUT2D eigenvalue weighted by atomic mass is 15.1. The molecule has 0 spiro atoms. The van der Waals surface area contributed by atoms with Crippen LogP contribution in [-0.2, 0) is 0 Å². The van der Waals surface area contributed by atoms with Crippen molar-refractivity contribution in [3.8, 4) is 27.9 Å². The number of nitrogens with zero attached hydrogens (tertiary/aromatic N) is 2. The smallest absolute Gasteiger partial charge is 0.0547 e. The first-order valence-corrected chi connectivity index (χ1v) is 17.9. The molecule has 0 aliphatic heterocycles. The van der Waals surface area contributed by atoms with Gasteiger partial charge in [-0.15, -0.1) is 0 Å². The topological polar surface area (TPSA) is 8.17 Å². The summed E-state index contributed by atoms with van der Waals surface area (Å²) in [5.41, 5.74) is 11.6. The summed E-state index contributed by atoms with van der Waals surface area (Å²) in [4.78, 5) is 2.36. The third-order valence-electron chi connectivity index (χ3n) is 10.3. The first-order chi connectivity index (χ1) is 25.8. The van der Waals surface area contributed by atoms with E-state index in [1.807, 2.05) is 0 Å². The minimum Gasteiger partial charge on any atom is -0.310 e. The normalized spacial score (nSPS) is 11.5. The molecule has 9 aromatic carbocycles. The van der Waals surface area contributed by atoms with Crippen molar-refractivity contribution in [2.45, 2.75) is 0 Å². The first kappa shape index (κ1) is 30.0. The fourth-order valence-electron chi connectivity index (χ4n) is 7.90. The van der Waals surface area contributed by atoms with E-state index in [1.54, 1.807) is 0 Å². The SMILES string of the molecule is c1ccc(-c2cc(N(c3ccccc3)c3ccc(-c4ccc5ccccc5c4)cc3)ccc2-n2c3ccccc3c3c4ccccc4ccc32)cc1. The molecule has 10 aromatic rings. The fourth-order valence-corrected chi connectivity index (χ4v) is 7.90. The summed E-state index contributed by atoms with van der Waals surface area (Å²) < 4.78 is 2.45. The molecular formula is C50H34N2. The van der Waals surface area contributed by atoms with Gasteiger partial charge in [-0.2, -0.15) is 0 Å². The van der Waals surface area contributed by atoms with Crippen molar-refractivity contribution >= 4 is 60.4 Å². The Balaban J connectivity index is 1.16. The quantitative estimate of drug-likeness (QED) is 0.172. The van der Waals surface area contributed by atoms with Gasteiger partial charge in [-0.1, -0.05) is 146 Å². The number of rotatable bonds is 6. The standard InChI is InChI=1S/C50H34N2/c1-3-14-37(15-4-1)46-34-43(30-32-48(46)52-47-22-12-11-21-45(47)50-44-20-10-9-16-38(44)27-31-49(50)52)51(41-18-5-2-6-19-41)42-28-25-36(26-29-42)40-24-23-35-13-7-8-17-39(35)33-40/h1-34H. The average molecular weight is 663 g/mol. The van der Waals surface area contributed by atoms with Crippen LogP contribution in [0.15, 0.2) is 206 Å². The van der Waals surface area contributed by atoms with Crippen LogP contribution in [0, 0.1) is 0 Å². The monoisotopic (exact) mass is 662 g/mol. The number of anilines is 3. The number of fused-ring (bicyclic) bond motifs is 6. The maximum absolute atomic E-state index is 2.45. The summed E-state index contributed by atoms with van der Waals surface area (Å²) in [5, 5.41) is 7.57. The van der Waals surface area contributed by atoms with Gasteiger partial charge in [0.2, 0.25) is 0 Å². The summed E-state index contributed by atoms with van der Waals surface area (Å²) in [6.45, 7) is 0. The molecule has 0 unspecified atom stereocenters. The maximum atomic E-state index is 2.45. The van der Waals surface area contributed by atoms with Crippen LogP contribution in [0.4, 0.5) is 17.1 Å². The van der Waals surface area contributed by atoms with Crippen LogP contribution in [0.2, 0.25) is 0 Å². The minimum atomic E-state index is 1.10. The number of benzene rings is 9. The third kappa shape index (κ3) is 5.04. The second-order valence-electron chi connectivity index (χ2n) is 13.4. The van der Waals surface area contributed by atoms with Crippen molar-refractivity contribution in [3.63, 3.8) is 0 Å². The van der Waals surface area contributed by atoms with Crippen molar-refractivity contribution in [2.24, 2.45) is 0 Å². The van der Waals surface area contributed by atoms with E-state index >= 15 is 0 Å². The van der Waals surface area contributed by atoms with Gasteiger partial charge in [-0.3, -0.25) is 0 Å². The van der Waals surface area contributed by atoms with E-state index in [9.17, 15) is 0 Å². The first-order valence-electron chi connectivity index (χ1n) is 17.9. The largest absolute Gasteiger partial charge is 0.310 e. The zero-order chi connectivity index (χ0) is 34.4. The molecule has 0 fully saturated rings. The molecule has 0 bridgehead atoms. The van der Waals surface area contributed by atoms with Gasteiger partial charge >= 0.3 is 0 Å². The Morgan fingerprint density at radius 3 is 1.73 bits per heavy atom. The highest BCUT2D eigenvalue weighted by Crippen LogP contribution is 2.43. The molecular weight excluding hydrogens is 629 g/mol. The molecule has 0 amide bonds. The van der Waals surface area contributed by atoms with Crippen molar-refractivity contribution in [1.29, 1.82) is 0 Å². The summed E-state index contributed by atoms with van der Waals surface area (Å²) in [6.07, 6.45) is 0. The Labute approximate surface area is 303 Å². The summed E-state index contributed by atoms with van der Waals surface area (Å²) >= 11 is 0. The van der Waals surface area contributed by atoms with E-state index in [4.69, 9.17) is 0 Å². The van der Waals surface area contributed by atoms with E-state index in [0.717, 1.165) is 22.7 Å². The average Bonchev–Trinajstić information content (AvgIpc) is 3.56. The zero-order valence-corrected chi connectivity index (χ0v) is 28.5. The molecule has 0 saturated heterocycles. The Hall–Kier alpha value is -6.90. The number of aromatic nitrogens is 1. The van der Waals surface area contributed by atoms with Gasteiger partial charge in [0, 0.05) is 33.4 Å². The van der Waals surface area contributed by atoms with Crippen molar-refractivity contribution < 1.29 is 0 Å². The lowest BCUT2D eigenvalue weighted by Gasteiger charge is -2.27. The maximum Gasteiger partial charge on any atom is 0.0547 e. The fraction of sp³-hybridized carbons (Fsp3) is 0. The molecule has 244 valence electrons. The second kappa shape index (κ2) is 12.5. The molecule has 10 rings (SSSR count). The van der Waals surface area contributed by atoms with Gasteiger partial charge in [0.25, 0.3) is 0 Å². The van der Waals surface area contributed by atoms with E-state index < -0.39 is 0 Å². The van der Waals surface area contributed by atoms with Gasteiger partial charge in [-0.25, -0.2) is 0 Å². The predicted molar refractivity (Wildman–Crippen MR) is 221 cm³/mol. The summed E-state index contributed by atoms with van der Waals surface area (Å²) in [5.74, 6) is 0. The summed E-state index contributed by atoms with van der Waals surface area (Å²) in [7, 11) is 0. The van der Waals surface area contributed by atoms with Crippen molar-refractivity contribution in [1.82, 2.24) is 4.57 Å². The third-order valence-corrected chi connectivity index (χ3v) is 10.3. The van der Waals surface area contributed by atoms with Crippen LogP contribution in [0.3, 0.4) is 0 Å². The van der Waals surface area contributed by atoms with Gasteiger partial charge < -0.3 is 9.47 Å². The molecule has 2 heteroatoms. The lowest BCUT2D eigenvalue weighted by molar-refractivity contribution is 1.18. The zero-order valence-electron chi connectivity index (χ0n) is 28.5. The molecule has 52 heavy (non-hydrogen) atoms. The Morgan fingerprint density at radius 1 is 0.327 bits per heavy atom. The van der Waals surface area contributed by atoms with E-state index in [0.29, 0.717) is 0 Å². The van der Waals surface area contributed by atoms with Crippen molar-refractivity contribution in [3.05, 3.63) is 206 Å². The van der Waals surface area contributed by atoms with Crippen LogP contribution in [-0.4, -0.2) is 4.57 Å². The lowest BCUT2D eigenvalue weighted by Crippen LogP contribution is -2.10. The van der Waals surface area contributed by atoms with E-state index in [2.05, 4.69) is 216 Å². The Morgan fingerprint density at radius 2 is 0.923 bits per heavy atom. The Bertz CT molecular complexity index is 2890. The molecule has 0 atom stereocenters. The molecule has 2 nitrogen and oxygen atoms in total. The highest BCUT2D eigenvalue weighted by Gasteiger charge is 2.20. The van der Waals surface area contributed by atoms with Gasteiger partial charge in [0.05, 0.1) is 16.7 Å².